The lowest BCUT2D eigenvalue weighted by atomic mass is 10.2. The van der Waals surface area contributed by atoms with E-state index >= 15 is 0 Å². The van der Waals surface area contributed by atoms with E-state index in [9.17, 15) is 14.5 Å². The molecule has 0 saturated heterocycles. The van der Waals surface area contributed by atoms with E-state index < -0.39 is 16.4 Å². The standard InChI is InChI=1S/C12H17FN2O4/c1-18-8-10(19-2)7-14-6-9-4-3-5-11(12(9)13)15(16)17/h3-5,10,14H,6-8H2,1-2H3. The molecule has 0 radical (unpaired) electrons. The molecule has 1 unspecified atom stereocenters. The number of methoxy groups -OCH3 is 2. The molecule has 1 rings (SSSR count). The minimum absolute atomic E-state index is 0.147. The summed E-state index contributed by atoms with van der Waals surface area (Å²) >= 11 is 0. The fourth-order valence-electron chi connectivity index (χ4n) is 1.61. The van der Waals surface area contributed by atoms with Crippen LogP contribution in [0, 0.1) is 15.9 Å². The Balaban J connectivity index is 2.58. The number of hydrogen-bond acceptors (Lipinski definition) is 5. The van der Waals surface area contributed by atoms with Crippen LogP contribution in [0.2, 0.25) is 0 Å². The monoisotopic (exact) mass is 272 g/mol. The normalized spacial score (nSPS) is 12.4. The van der Waals surface area contributed by atoms with Gasteiger partial charge in [0, 0.05) is 38.9 Å². The predicted molar refractivity (Wildman–Crippen MR) is 67.4 cm³/mol. The van der Waals surface area contributed by atoms with Gasteiger partial charge in [-0.3, -0.25) is 10.1 Å². The molecule has 0 fully saturated rings. The molecule has 6 nitrogen and oxygen atoms in total. The SMILES string of the molecule is COCC(CNCc1cccc([N+](=O)[O-])c1F)OC. The third-order valence-corrected chi connectivity index (χ3v) is 2.63. The molecule has 0 amide bonds. The summed E-state index contributed by atoms with van der Waals surface area (Å²) in [4.78, 5) is 9.86. The van der Waals surface area contributed by atoms with E-state index in [4.69, 9.17) is 9.47 Å². The lowest BCUT2D eigenvalue weighted by molar-refractivity contribution is -0.387. The van der Waals surface area contributed by atoms with Crippen molar-refractivity contribution in [1.29, 1.82) is 0 Å². The summed E-state index contributed by atoms with van der Waals surface area (Å²) in [6, 6.07) is 4.11. The number of benzene rings is 1. The quantitative estimate of drug-likeness (QED) is 0.573. The second kappa shape index (κ2) is 7.78. The largest absolute Gasteiger partial charge is 0.382 e. The van der Waals surface area contributed by atoms with Crippen LogP contribution in [0.3, 0.4) is 0 Å². The molecule has 0 spiro atoms. The molecule has 19 heavy (non-hydrogen) atoms. The molecule has 0 aliphatic carbocycles. The molecule has 1 aromatic carbocycles. The molecular formula is C12H17FN2O4. The topological polar surface area (TPSA) is 73.6 Å². The average molecular weight is 272 g/mol. The summed E-state index contributed by atoms with van der Waals surface area (Å²) in [7, 11) is 3.12. The number of ether oxygens (including phenoxy) is 2. The number of nitrogens with zero attached hydrogens (tertiary/aromatic N) is 1. The Bertz CT molecular complexity index is 428. The van der Waals surface area contributed by atoms with E-state index in [1.165, 1.54) is 12.1 Å². The van der Waals surface area contributed by atoms with Crippen molar-refractivity contribution >= 4 is 5.69 Å². The lowest BCUT2D eigenvalue weighted by Crippen LogP contribution is -2.31. The zero-order valence-electron chi connectivity index (χ0n) is 10.9. The summed E-state index contributed by atoms with van der Waals surface area (Å²) in [6.45, 7) is 1.07. The van der Waals surface area contributed by atoms with Crippen LogP contribution >= 0.6 is 0 Å². The number of halogens is 1. The van der Waals surface area contributed by atoms with Crippen LogP contribution < -0.4 is 5.32 Å². The van der Waals surface area contributed by atoms with E-state index in [1.807, 2.05) is 0 Å². The van der Waals surface area contributed by atoms with Crippen molar-refractivity contribution in [2.45, 2.75) is 12.6 Å². The summed E-state index contributed by atoms with van der Waals surface area (Å²) in [5, 5.41) is 13.6. The minimum Gasteiger partial charge on any atom is -0.382 e. The highest BCUT2D eigenvalue weighted by atomic mass is 19.1. The molecule has 0 saturated carbocycles. The van der Waals surface area contributed by atoms with E-state index in [0.29, 0.717) is 13.2 Å². The first-order valence-electron chi connectivity index (χ1n) is 5.74. The van der Waals surface area contributed by atoms with Gasteiger partial charge in [-0.15, -0.1) is 0 Å². The van der Waals surface area contributed by atoms with Gasteiger partial charge in [0.15, 0.2) is 0 Å². The fourth-order valence-corrected chi connectivity index (χ4v) is 1.61. The van der Waals surface area contributed by atoms with Gasteiger partial charge in [0.2, 0.25) is 5.82 Å². The van der Waals surface area contributed by atoms with Crippen LogP contribution in [0.15, 0.2) is 18.2 Å². The van der Waals surface area contributed by atoms with Crippen molar-refractivity contribution < 1.29 is 18.8 Å². The lowest BCUT2D eigenvalue weighted by Gasteiger charge is -2.15. The van der Waals surface area contributed by atoms with Crippen molar-refractivity contribution in [2.75, 3.05) is 27.4 Å². The fraction of sp³-hybridized carbons (Fsp3) is 0.500. The van der Waals surface area contributed by atoms with Crippen molar-refractivity contribution in [3.8, 4) is 0 Å². The Labute approximate surface area is 110 Å². The van der Waals surface area contributed by atoms with Gasteiger partial charge in [-0.1, -0.05) is 12.1 Å². The Kier molecular flexibility index (Phi) is 6.34. The molecule has 1 N–H and O–H groups in total. The summed E-state index contributed by atoms with van der Waals surface area (Å²) in [5.41, 5.74) is -0.263. The van der Waals surface area contributed by atoms with Gasteiger partial charge in [-0.05, 0) is 0 Å². The van der Waals surface area contributed by atoms with Gasteiger partial charge in [0.05, 0.1) is 17.6 Å². The Morgan fingerprint density at radius 2 is 2.21 bits per heavy atom. The van der Waals surface area contributed by atoms with Crippen LogP contribution in [-0.2, 0) is 16.0 Å². The second-order valence-corrected chi connectivity index (χ2v) is 3.95. The zero-order valence-corrected chi connectivity index (χ0v) is 10.9. The highest BCUT2D eigenvalue weighted by Gasteiger charge is 2.17. The van der Waals surface area contributed by atoms with Crippen molar-refractivity contribution in [3.05, 3.63) is 39.7 Å². The number of nitrogens with one attached hydrogen (secondary N) is 1. The predicted octanol–water partition coefficient (Wildman–Crippen LogP) is 1.48. The molecule has 7 heteroatoms. The van der Waals surface area contributed by atoms with E-state index in [0.717, 1.165) is 6.07 Å². The second-order valence-electron chi connectivity index (χ2n) is 3.95. The van der Waals surface area contributed by atoms with E-state index in [2.05, 4.69) is 5.32 Å². The number of rotatable bonds is 8. The summed E-state index contributed by atoms with van der Waals surface area (Å²) < 4.78 is 23.8. The first-order valence-corrected chi connectivity index (χ1v) is 5.74. The van der Waals surface area contributed by atoms with Gasteiger partial charge in [0.1, 0.15) is 0 Å². The van der Waals surface area contributed by atoms with Crippen LogP contribution in [0.5, 0.6) is 0 Å². The first kappa shape index (κ1) is 15.5. The molecule has 1 aromatic rings. The maximum absolute atomic E-state index is 13.7. The van der Waals surface area contributed by atoms with Crippen LogP contribution in [0.1, 0.15) is 5.56 Å². The molecule has 0 heterocycles. The van der Waals surface area contributed by atoms with Crippen LogP contribution in [0.4, 0.5) is 10.1 Å². The van der Waals surface area contributed by atoms with Gasteiger partial charge in [-0.25, -0.2) is 0 Å². The van der Waals surface area contributed by atoms with Crippen LogP contribution in [-0.4, -0.2) is 38.4 Å². The highest BCUT2D eigenvalue weighted by Crippen LogP contribution is 2.19. The van der Waals surface area contributed by atoms with Gasteiger partial charge in [-0.2, -0.15) is 4.39 Å². The number of nitro benzene ring substituents is 1. The minimum atomic E-state index is -0.805. The van der Waals surface area contributed by atoms with Gasteiger partial charge >= 0.3 is 5.69 Å². The average Bonchev–Trinajstić information content (AvgIpc) is 2.39. The van der Waals surface area contributed by atoms with E-state index in [1.54, 1.807) is 14.2 Å². The number of nitro groups is 1. The molecule has 0 aliphatic rings. The number of hydrogen-bond donors (Lipinski definition) is 1. The summed E-state index contributed by atoms with van der Waals surface area (Å²) in [5.74, 6) is -0.805. The summed E-state index contributed by atoms with van der Waals surface area (Å²) in [6.07, 6.45) is -0.147. The molecular weight excluding hydrogens is 255 g/mol. The smallest absolute Gasteiger partial charge is 0.305 e. The van der Waals surface area contributed by atoms with Crippen molar-refractivity contribution in [1.82, 2.24) is 5.32 Å². The maximum atomic E-state index is 13.7. The van der Waals surface area contributed by atoms with Gasteiger partial charge < -0.3 is 14.8 Å². The maximum Gasteiger partial charge on any atom is 0.305 e. The van der Waals surface area contributed by atoms with Gasteiger partial charge in [0.25, 0.3) is 0 Å². The molecule has 0 aromatic heterocycles. The van der Waals surface area contributed by atoms with E-state index in [-0.39, 0.29) is 18.2 Å². The molecule has 106 valence electrons. The van der Waals surface area contributed by atoms with Crippen molar-refractivity contribution in [3.63, 3.8) is 0 Å². The highest BCUT2D eigenvalue weighted by molar-refractivity contribution is 5.36. The molecule has 0 bridgehead atoms. The Morgan fingerprint density at radius 1 is 1.47 bits per heavy atom. The Morgan fingerprint density at radius 3 is 2.79 bits per heavy atom. The molecule has 1 atom stereocenters. The zero-order chi connectivity index (χ0) is 14.3. The first-order chi connectivity index (χ1) is 9.10. The third-order valence-electron chi connectivity index (χ3n) is 2.63. The third kappa shape index (κ3) is 4.55. The Hall–Kier alpha value is -1.57. The molecule has 0 aliphatic heterocycles. The van der Waals surface area contributed by atoms with Crippen molar-refractivity contribution in [2.24, 2.45) is 0 Å². The van der Waals surface area contributed by atoms with Crippen LogP contribution in [0.25, 0.3) is 0 Å².